The lowest BCUT2D eigenvalue weighted by Gasteiger charge is -2.66. The van der Waals surface area contributed by atoms with Crippen LogP contribution in [0.15, 0.2) is 35.5 Å². The molecule has 34 heavy (non-hydrogen) atoms. The minimum atomic E-state index is -1.18. The molecular weight excluding hydrogens is 432 g/mol. The van der Waals surface area contributed by atoms with Crippen molar-refractivity contribution < 1.29 is 29.0 Å². The van der Waals surface area contributed by atoms with Crippen LogP contribution in [0.25, 0.3) is 0 Å². The Kier molecular flexibility index (Phi) is 4.95. The molecule has 0 spiro atoms. The number of rotatable bonds is 2. The minimum Gasteiger partial charge on any atom is -0.462 e. The number of carbonyl (C=O) groups excluding carboxylic acids is 3. The molecule has 0 aromatic carbocycles. The first kappa shape index (κ1) is 23.5. The maximum Gasteiger partial charge on any atom is 0.336 e. The SMILES string of the molecule is CC(=O)OC1C[C@@H]2C(C)(C)C(=O)C=C[C@]2(C)[C@H]2CC[C@@]3(C)C(=CC[C@H]3C3=C[C@H](O)OC3=O)[C@]12C. The van der Waals surface area contributed by atoms with Gasteiger partial charge in [-0.05, 0) is 60.5 Å². The number of carbonyl (C=O) groups is 3. The largest absolute Gasteiger partial charge is 0.462 e. The monoisotopic (exact) mass is 468 g/mol. The van der Waals surface area contributed by atoms with Gasteiger partial charge in [0.05, 0.1) is 0 Å². The lowest BCUT2D eigenvalue weighted by atomic mass is 9.38. The second kappa shape index (κ2) is 7.16. The van der Waals surface area contributed by atoms with Gasteiger partial charge in [0.2, 0.25) is 6.29 Å². The van der Waals surface area contributed by atoms with Crippen LogP contribution in [-0.4, -0.2) is 35.2 Å². The number of esters is 2. The number of cyclic esters (lactones) is 1. The summed E-state index contributed by atoms with van der Waals surface area (Å²) >= 11 is 0. The van der Waals surface area contributed by atoms with Crippen molar-refractivity contribution >= 4 is 17.7 Å². The van der Waals surface area contributed by atoms with Crippen LogP contribution in [0.1, 0.15) is 67.2 Å². The Labute approximate surface area is 201 Å². The molecule has 0 saturated heterocycles. The van der Waals surface area contributed by atoms with Crippen molar-refractivity contribution in [3.05, 3.63) is 35.5 Å². The van der Waals surface area contributed by atoms with Gasteiger partial charge in [-0.15, -0.1) is 0 Å². The molecule has 5 aliphatic rings. The zero-order chi connectivity index (χ0) is 24.8. The first-order chi connectivity index (χ1) is 15.8. The van der Waals surface area contributed by atoms with Crippen LogP contribution in [0.4, 0.5) is 0 Å². The number of allylic oxidation sites excluding steroid dienone is 3. The molecule has 6 nitrogen and oxygen atoms in total. The van der Waals surface area contributed by atoms with Crippen molar-refractivity contribution in [1.82, 2.24) is 0 Å². The number of ketones is 1. The molecule has 0 radical (unpaired) electrons. The fraction of sp³-hybridized carbons (Fsp3) is 0.679. The highest BCUT2D eigenvalue weighted by atomic mass is 16.6. The van der Waals surface area contributed by atoms with Gasteiger partial charge < -0.3 is 14.6 Å². The minimum absolute atomic E-state index is 0.0600. The van der Waals surface area contributed by atoms with Crippen LogP contribution in [0.2, 0.25) is 0 Å². The molecule has 2 fully saturated rings. The Morgan fingerprint density at radius 2 is 1.85 bits per heavy atom. The van der Waals surface area contributed by atoms with Crippen LogP contribution in [0.3, 0.4) is 0 Å². The second-order valence-electron chi connectivity index (χ2n) is 12.3. The molecule has 1 unspecified atom stereocenters. The molecule has 0 aromatic rings. The number of aliphatic hydroxyl groups excluding tert-OH is 1. The standard InChI is InChI=1S/C28H36O6/c1-15(29)33-22-14-20-25(2,3)21(30)10-12-27(20,5)19-9-11-26(4)17(7-8-18(26)28(19,22)6)16-13-23(31)34-24(16)32/h8,10,12-13,17,19-20,22-23,31H,7,9,11,14H2,1-6H3/t17-,19+,20+,22?,23+,26+,27+,28-/m0/s1. The van der Waals surface area contributed by atoms with Gasteiger partial charge >= 0.3 is 11.9 Å². The summed E-state index contributed by atoms with van der Waals surface area (Å²) in [5, 5.41) is 9.89. The van der Waals surface area contributed by atoms with E-state index in [0.29, 0.717) is 18.4 Å². The van der Waals surface area contributed by atoms with Crippen molar-refractivity contribution in [3.63, 3.8) is 0 Å². The van der Waals surface area contributed by atoms with Gasteiger partial charge in [-0.1, -0.05) is 52.3 Å². The van der Waals surface area contributed by atoms with Gasteiger partial charge in [0.1, 0.15) is 6.10 Å². The van der Waals surface area contributed by atoms with Gasteiger partial charge in [-0.25, -0.2) is 4.79 Å². The average Bonchev–Trinajstić information content (AvgIpc) is 3.25. The Balaban J connectivity index is 1.62. The summed E-state index contributed by atoms with van der Waals surface area (Å²) in [6.45, 7) is 12.2. The van der Waals surface area contributed by atoms with Gasteiger partial charge in [-0.2, -0.15) is 0 Å². The van der Waals surface area contributed by atoms with Crippen LogP contribution in [0.5, 0.6) is 0 Å². The van der Waals surface area contributed by atoms with E-state index in [-0.39, 0.29) is 46.4 Å². The highest BCUT2D eigenvalue weighted by Gasteiger charge is 2.68. The molecule has 1 N–H and O–H groups in total. The zero-order valence-corrected chi connectivity index (χ0v) is 21.0. The van der Waals surface area contributed by atoms with Crippen LogP contribution < -0.4 is 0 Å². The van der Waals surface area contributed by atoms with Crippen molar-refractivity contribution in [2.24, 2.45) is 39.4 Å². The lowest BCUT2D eigenvalue weighted by molar-refractivity contribution is -0.187. The highest BCUT2D eigenvalue weighted by molar-refractivity contribution is 5.96. The molecule has 0 bridgehead atoms. The Morgan fingerprint density at radius 3 is 2.47 bits per heavy atom. The molecule has 184 valence electrons. The van der Waals surface area contributed by atoms with Gasteiger partial charge in [-0.3, -0.25) is 9.59 Å². The van der Waals surface area contributed by atoms with Crippen LogP contribution in [-0.2, 0) is 23.9 Å². The first-order valence-corrected chi connectivity index (χ1v) is 12.5. The average molecular weight is 469 g/mol. The number of hydrogen-bond donors (Lipinski definition) is 1. The van der Waals surface area contributed by atoms with E-state index >= 15 is 0 Å². The third-order valence-electron chi connectivity index (χ3n) is 10.4. The number of aliphatic hydroxyl groups is 1. The molecule has 8 atom stereocenters. The maximum atomic E-state index is 12.9. The van der Waals surface area contributed by atoms with E-state index in [1.165, 1.54) is 12.5 Å². The molecular formula is C28H36O6. The smallest absolute Gasteiger partial charge is 0.336 e. The second-order valence-corrected chi connectivity index (χ2v) is 12.3. The van der Waals surface area contributed by atoms with Crippen molar-refractivity contribution in [1.29, 1.82) is 0 Å². The Morgan fingerprint density at radius 1 is 1.15 bits per heavy atom. The molecule has 1 aliphatic heterocycles. The number of ether oxygens (including phenoxy) is 2. The van der Waals surface area contributed by atoms with E-state index in [2.05, 4.69) is 32.9 Å². The molecule has 6 heteroatoms. The third-order valence-corrected chi connectivity index (χ3v) is 10.4. The fourth-order valence-corrected chi connectivity index (χ4v) is 8.78. The van der Waals surface area contributed by atoms with Crippen molar-refractivity contribution in [2.75, 3.05) is 0 Å². The van der Waals surface area contributed by atoms with Gasteiger partial charge in [0.25, 0.3) is 0 Å². The summed E-state index contributed by atoms with van der Waals surface area (Å²) in [4.78, 5) is 37.7. The number of hydrogen-bond acceptors (Lipinski definition) is 6. The fourth-order valence-electron chi connectivity index (χ4n) is 8.78. The van der Waals surface area contributed by atoms with Gasteiger partial charge in [0, 0.05) is 29.2 Å². The van der Waals surface area contributed by atoms with E-state index in [1.54, 1.807) is 12.2 Å². The molecule has 5 rings (SSSR count). The third kappa shape index (κ3) is 2.87. The first-order valence-electron chi connectivity index (χ1n) is 12.5. The topological polar surface area (TPSA) is 89.9 Å². The normalized spacial score (nSPS) is 46.6. The number of fused-ring (bicyclic) bond motifs is 5. The zero-order valence-electron chi connectivity index (χ0n) is 21.0. The lowest BCUT2D eigenvalue weighted by Crippen LogP contribution is -2.64. The van der Waals surface area contributed by atoms with Gasteiger partial charge in [0.15, 0.2) is 5.78 Å². The summed E-state index contributed by atoms with van der Waals surface area (Å²) < 4.78 is 11.1. The van der Waals surface area contributed by atoms with E-state index in [4.69, 9.17) is 9.47 Å². The highest BCUT2D eigenvalue weighted by Crippen LogP contribution is 2.72. The summed E-state index contributed by atoms with van der Waals surface area (Å²) in [6.07, 6.45) is 9.23. The maximum absolute atomic E-state index is 12.9. The van der Waals surface area contributed by atoms with E-state index in [0.717, 1.165) is 12.8 Å². The Hall–Kier alpha value is -2.21. The van der Waals surface area contributed by atoms with E-state index < -0.39 is 23.1 Å². The predicted molar refractivity (Wildman–Crippen MR) is 125 cm³/mol. The molecule has 2 saturated carbocycles. The quantitative estimate of drug-likeness (QED) is 0.481. The van der Waals surface area contributed by atoms with Crippen molar-refractivity contribution in [2.45, 2.75) is 79.6 Å². The van der Waals surface area contributed by atoms with Crippen LogP contribution in [0, 0.1) is 39.4 Å². The summed E-state index contributed by atoms with van der Waals surface area (Å²) in [7, 11) is 0. The van der Waals surface area contributed by atoms with Crippen LogP contribution >= 0.6 is 0 Å². The summed E-state index contributed by atoms with van der Waals surface area (Å²) in [5.74, 6) is -0.454. The molecule has 0 amide bonds. The predicted octanol–water partition coefficient (Wildman–Crippen LogP) is 4.28. The van der Waals surface area contributed by atoms with Crippen molar-refractivity contribution in [3.8, 4) is 0 Å². The molecule has 4 aliphatic carbocycles. The summed E-state index contributed by atoms with van der Waals surface area (Å²) in [6, 6.07) is 0. The van der Waals surface area contributed by atoms with E-state index in [1.807, 2.05) is 13.8 Å². The van der Waals surface area contributed by atoms with E-state index in [9.17, 15) is 19.5 Å². The Bertz CT molecular complexity index is 1060. The molecule has 1 heterocycles. The summed E-state index contributed by atoms with van der Waals surface area (Å²) in [5.41, 5.74) is 0.310. The molecule has 0 aromatic heterocycles.